The van der Waals surface area contributed by atoms with E-state index < -0.39 is 0 Å². The van der Waals surface area contributed by atoms with Gasteiger partial charge >= 0.3 is 0 Å². The van der Waals surface area contributed by atoms with Gasteiger partial charge in [-0.1, -0.05) is 30.3 Å². The average molecular weight is 341 g/mol. The van der Waals surface area contributed by atoms with Crippen LogP contribution in [-0.4, -0.2) is 4.57 Å². The molecule has 2 aromatic carbocycles. The van der Waals surface area contributed by atoms with Gasteiger partial charge in [0.25, 0.3) is 5.82 Å². The zero-order valence-electron chi connectivity index (χ0n) is 15.1. The van der Waals surface area contributed by atoms with Crippen LogP contribution in [0.3, 0.4) is 0 Å². The lowest BCUT2D eigenvalue weighted by atomic mass is 9.54. The van der Waals surface area contributed by atoms with Gasteiger partial charge in [0.2, 0.25) is 0 Å². The molecule has 2 nitrogen and oxygen atoms in total. The van der Waals surface area contributed by atoms with Crippen molar-refractivity contribution in [2.75, 3.05) is 0 Å². The van der Waals surface area contributed by atoms with Crippen LogP contribution in [0.5, 0.6) is 0 Å². The van der Waals surface area contributed by atoms with E-state index in [2.05, 4.69) is 57.7 Å². The lowest BCUT2D eigenvalue weighted by molar-refractivity contribution is -0.646. The molecule has 3 aromatic rings. The van der Waals surface area contributed by atoms with Gasteiger partial charge in [-0.15, -0.1) is 0 Å². The minimum Gasteiger partial charge on any atom is -0.220 e. The Labute approximate surface area is 154 Å². The van der Waals surface area contributed by atoms with E-state index in [-0.39, 0.29) is 0 Å². The van der Waals surface area contributed by atoms with Gasteiger partial charge in [0.05, 0.1) is 5.56 Å². The fourth-order valence-electron chi connectivity index (χ4n) is 7.36. The first-order valence-electron chi connectivity index (χ1n) is 10.5. The molecule has 2 heterocycles. The molecule has 0 radical (unpaired) electrons. The first-order chi connectivity index (χ1) is 12.9. The maximum absolute atomic E-state index is 2.80. The van der Waals surface area contributed by atoms with E-state index in [0.717, 1.165) is 36.3 Å². The zero-order chi connectivity index (χ0) is 16.8. The highest BCUT2D eigenvalue weighted by Gasteiger charge is 2.53. The van der Waals surface area contributed by atoms with E-state index in [1.54, 1.807) is 0 Å². The monoisotopic (exact) mass is 341 g/mol. The Morgan fingerprint density at radius 3 is 2.27 bits per heavy atom. The van der Waals surface area contributed by atoms with Gasteiger partial charge in [-0.3, -0.25) is 0 Å². The smallest absolute Gasteiger partial charge is 0.220 e. The van der Waals surface area contributed by atoms with Gasteiger partial charge in [0, 0.05) is 17.4 Å². The minimum absolute atomic E-state index is 0.718. The van der Waals surface area contributed by atoms with Crippen molar-refractivity contribution in [1.82, 2.24) is 4.57 Å². The highest BCUT2D eigenvalue weighted by molar-refractivity contribution is 5.78. The lowest BCUT2D eigenvalue weighted by Crippen LogP contribution is -2.46. The Kier molecular flexibility index (Phi) is 2.59. The largest absolute Gasteiger partial charge is 0.290 e. The highest BCUT2D eigenvalue weighted by atomic mass is 15.2. The third-order valence-electron chi connectivity index (χ3n) is 7.98. The Bertz CT molecular complexity index is 1020. The maximum Gasteiger partial charge on any atom is 0.290 e. The van der Waals surface area contributed by atoms with E-state index >= 15 is 0 Å². The SMILES string of the molecule is c1ccc2c(c1)C[n+]1c-2n(C2C3CC4CC(C3)CC2C4)c2ccccc21. The standard InChI is InChI=1S/C24H25N2/c1-2-6-20-17(5-1)14-25-21-7-3-4-8-22(21)26(24(20)25)23-18-10-15-9-16(12-18)13-19(23)11-15/h1-8,15-16,18-19,23H,9-14H2/q+1. The molecule has 0 unspecified atom stereocenters. The summed E-state index contributed by atoms with van der Waals surface area (Å²) in [6.07, 6.45) is 7.44. The van der Waals surface area contributed by atoms with Crippen LogP contribution in [0.15, 0.2) is 48.5 Å². The van der Waals surface area contributed by atoms with Crippen molar-refractivity contribution in [2.45, 2.75) is 44.7 Å². The van der Waals surface area contributed by atoms with Crippen molar-refractivity contribution < 1.29 is 4.57 Å². The molecule has 0 amide bonds. The summed E-state index contributed by atoms with van der Waals surface area (Å²) < 4.78 is 5.39. The van der Waals surface area contributed by atoms with E-state index in [4.69, 9.17) is 0 Å². The molecule has 0 N–H and O–H groups in total. The fraction of sp³-hybridized carbons (Fsp3) is 0.458. The molecule has 1 aliphatic heterocycles. The molecule has 5 aliphatic rings. The molecule has 0 spiro atoms. The summed E-state index contributed by atoms with van der Waals surface area (Å²) in [5, 5.41) is 0. The van der Waals surface area contributed by atoms with Crippen LogP contribution in [0.25, 0.3) is 22.4 Å². The van der Waals surface area contributed by atoms with Crippen LogP contribution in [-0.2, 0) is 6.54 Å². The second kappa shape index (κ2) is 4.79. The number of fused-ring (bicyclic) bond motifs is 5. The van der Waals surface area contributed by atoms with E-state index in [1.807, 2.05) is 0 Å². The summed E-state index contributed by atoms with van der Waals surface area (Å²) in [4.78, 5) is 0. The summed E-state index contributed by atoms with van der Waals surface area (Å²) in [6, 6.07) is 18.9. The van der Waals surface area contributed by atoms with Gasteiger partial charge in [0.15, 0.2) is 11.0 Å². The molecule has 4 fully saturated rings. The Hall–Kier alpha value is -2.09. The lowest BCUT2D eigenvalue weighted by Gasteiger charge is -2.53. The van der Waals surface area contributed by atoms with E-state index in [0.29, 0.717) is 0 Å². The molecule has 4 saturated carbocycles. The Morgan fingerprint density at radius 2 is 1.46 bits per heavy atom. The van der Waals surface area contributed by atoms with Gasteiger partial charge in [0.1, 0.15) is 12.6 Å². The Balaban J connectivity index is 1.51. The normalized spacial score (nSPS) is 33.6. The highest BCUT2D eigenvalue weighted by Crippen LogP contribution is 2.59. The maximum atomic E-state index is 2.80. The minimum atomic E-state index is 0.718. The van der Waals surface area contributed by atoms with Crippen molar-refractivity contribution in [1.29, 1.82) is 0 Å². The molecule has 4 aliphatic carbocycles. The number of hydrogen-bond donors (Lipinski definition) is 0. The topological polar surface area (TPSA) is 8.81 Å². The number of rotatable bonds is 1. The van der Waals surface area contributed by atoms with Gasteiger partial charge in [-0.25, -0.2) is 9.13 Å². The molecular weight excluding hydrogens is 316 g/mol. The molecule has 2 heteroatoms. The number of benzene rings is 2. The predicted octanol–water partition coefficient (Wildman–Crippen LogP) is 4.95. The van der Waals surface area contributed by atoms with Crippen molar-refractivity contribution in [3.8, 4) is 11.4 Å². The average Bonchev–Trinajstić information content (AvgIpc) is 3.17. The molecule has 1 aromatic heterocycles. The molecule has 26 heavy (non-hydrogen) atoms. The predicted molar refractivity (Wildman–Crippen MR) is 103 cm³/mol. The summed E-state index contributed by atoms with van der Waals surface area (Å²) in [5.74, 6) is 5.35. The quantitative estimate of drug-likeness (QED) is 0.433. The second-order valence-corrected chi connectivity index (χ2v) is 9.35. The summed E-state index contributed by atoms with van der Waals surface area (Å²) in [6.45, 7) is 1.03. The van der Waals surface area contributed by atoms with E-state index in [9.17, 15) is 0 Å². The molecular formula is C24H25N2+. The van der Waals surface area contributed by atoms with Crippen LogP contribution >= 0.6 is 0 Å². The van der Waals surface area contributed by atoms with Gasteiger partial charge in [-0.2, -0.15) is 0 Å². The zero-order valence-corrected chi connectivity index (χ0v) is 15.1. The van der Waals surface area contributed by atoms with Crippen molar-refractivity contribution >= 4 is 11.0 Å². The fourth-order valence-corrected chi connectivity index (χ4v) is 7.36. The number of aromatic nitrogens is 2. The summed E-state index contributed by atoms with van der Waals surface area (Å²) in [5.41, 5.74) is 5.85. The van der Waals surface area contributed by atoms with Crippen LogP contribution in [0.4, 0.5) is 0 Å². The second-order valence-electron chi connectivity index (χ2n) is 9.35. The van der Waals surface area contributed by atoms with Crippen molar-refractivity contribution in [2.24, 2.45) is 23.7 Å². The first-order valence-corrected chi connectivity index (χ1v) is 10.5. The van der Waals surface area contributed by atoms with Crippen LogP contribution in [0.1, 0.15) is 43.7 Å². The first kappa shape index (κ1) is 14.0. The van der Waals surface area contributed by atoms with Crippen molar-refractivity contribution in [3.05, 3.63) is 54.1 Å². The van der Waals surface area contributed by atoms with Crippen LogP contribution < -0.4 is 4.57 Å². The number of para-hydroxylation sites is 2. The molecule has 0 saturated heterocycles. The molecule has 0 atom stereocenters. The van der Waals surface area contributed by atoms with Gasteiger partial charge in [-0.05, 0) is 62.1 Å². The number of nitrogens with zero attached hydrogens (tertiary/aromatic N) is 2. The number of hydrogen-bond acceptors (Lipinski definition) is 0. The summed E-state index contributed by atoms with van der Waals surface area (Å²) >= 11 is 0. The Morgan fingerprint density at radius 1 is 0.769 bits per heavy atom. The molecule has 4 bridgehead atoms. The van der Waals surface area contributed by atoms with E-state index in [1.165, 1.54) is 60.1 Å². The molecule has 8 rings (SSSR count). The van der Waals surface area contributed by atoms with Crippen LogP contribution in [0, 0.1) is 23.7 Å². The molecule has 130 valence electrons. The number of imidazole rings is 1. The van der Waals surface area contributed by atoms with Crippen LogP contribution in [0.2, 0.25) is 0 Å². The summed E-state index contributed by atoms with van der Waals surface area (Å²) in [7, 11) is 0. The van der Waals surface area contributed by atoms with Crippen molar-refractivity contribution in [3.63, 3.8) is 0 Å². The third-order valence-corrected chi connectivity index (χ3v) is 7.98. The van der Waals surface area contributed by atoms with Gasteiger partial charge < -0.3 is 0 Å². The third kappa shape index (κ3) is 1.66.